The number of methoxy groups -OCH3 is 1. The fraction of sp³-hybridized carbons (Fsp3) is 0.407. The lowest BCUT2D eigenvalue weighted by atomic mass is 10.0. The molecule has 0 aliphatic carbocycles. The zero-order valence-electron chi connectivity index (χ0n) is 22.5. The summed E-state index contributed by atoms with van der Waals surface area (Å²) in [6.07, 6.45) is -3.38. The van der Waals surface area contributed by atoms with Crippen molar-refractivity contribution in [1.29, 1.82) is 0 Å². The van der Waals surface area contributed by atoms with E-state index in [0.29, 0.717) is 24.4 Å². The van der Waals surface area contributed by atoms with Gasteiger partial charge in [0.15, 0.2) is 9.84 Å². The van der Waals surface area contributed by atoms with Crippen LogP contribution in [0.15, 0.2) is 41.6 Å². The Morgan fingerprint density at radius 2 is 2.00 bits per heavy atom. The highest BCUT2D eigenvalue weighted by Crippen LogP contribution is 2.28. The van der Waals surface area contributed by atoms with Crippen molar-refractivity contribution in [3.05, 3.63) is 47.8 Å². The SMILES string of the molecule is COc1ccc(S(C)(=O)=O)cc1NCC#Cc1cc(C(=O)N[C@@H]2CCN(C)C[C@@H]2F)c2ncn(CC(F)(F)F)c2c1. The number of aromatic nitrogens is 2. The van der Waals surface area contributed by atoms with Gasteiger partial charge in [-0.05, 0) is 43.8 Å². The summed E-state index contributed by atoms with van der Waals surface area (Å²) >= 11 is 0. The van der Waals surface area contributed by atoms with Crippen molar-refractivity contribution in [2.45, 2.75) is 36.3 Å². The number of benzene rings is 2. The summed E-state index contributed by atoms with van der Waals surface area (Å²) in [4.78, 5) is 19.1. The number of ether oxygens (including phenoxy) is 1. The van der Waals surface area contributed by atoms with Crippen molar-refractivity contribution in [2.24, 2.45) is 0 Å². The Morgan fingerprint density at radius 1 is 1.24 bits per heavy atom. The second-order valence-corrected chi connectivity index (χ2v) is 11.8. The number of rotatable bonds is 7. The van der Waals surface area contributed by atoms with Gasteiger partial charge >= 0.3 is 6.18 Å². The molecule has 2 N–H and O–H groups in total. The summed E-state index contributed by atoms with van der Waals surface area (Å²) in [5.41, 5.74) is 0.693. The molecule has 2 aromatic carbocycles. The molecule has 0 spiro atoms. The van der Waals surface area contributed by atoms with Gasteiger partial charge < -0.3 is 24.8 Å². The Kier molecular flexibility index (Phi) is 8.79. The van der Waals surface area contributed by atoms with Crippen LogP contribution >= 0.6 is 0 Å². The van der Waals surface area contributed by atoms with Gasteiger partial charge in [-0.1, -0.05) is 11.8 Å². The number of piperidine rings is 1. The van der Waals surface area contributed by atoms with Crippen LogP contribution in [0.25, 0.3) is 11.0 Å². The van der Waals surface area contributed by atoms with Gasteiger partial charge in [0.05, 0.1) is 47.7 Å². The molecule has 0 bridgehead atoms. The van der Waals surface area contributed by atoms with Crippen LogP contribution in [0, 0.1) is 11.8 Å². The van der Waals surface area contributed by atoms with Crippen molar-refractivity contribution in [2.75, 3.05) is 45.4 Å². The zero-order chi connectivity index (χ0) is 29.9. The number of carbonyl (C=O) groups excluding carboxylic acids is 1. The van der Waals surface area contributed by atoms with Crippen LogP contribution in [-0.4, -0.2) is 87.2 Å². The number of alkyl halides is 4. The van der Waals surface area contributed by atoms with E-state index in [0.717, 1.165) is 17.2 Å². The second kappa shape index (κ2) is 12.0. The van der Waals surface area contributed by atoms with Crippen molar-refractivity contribution in [3.63, 3.8) is 0 Å². The molecule has 3 aromatic rings. The molecule has 2 atom stereocenters. The number of amides is 1. The number of hydrogen-bond donors (Lipinski definition) is 2. The Labute approximate surface area is 234 Å². The molecule has 0 unspecified atom stereocenters. The molecule has 1 amide bonds. The minimum Gasteiger partial charge on any atom is -0.495 e. The lowest BCUT2D eigenvalue weighted by Gasteiger charge is -2.32. The van der Waals surface area contributed by atoms with Crippen LogP contribution in [0.2, 0.25) is 0 Å². The van der Waals surface area contributed by atoms with Crippen molar-refractivity contribution < 1.29 is 35.5 Å². The fourth-order valence-corrected chi connectivity index (χ4v) is 5.18. The molecule has 1 fully saturated rings. The van der Waals surface area contributed by atoms with Gasteiger partial charge in [0.2, 0.25) is 0 Å². The highest BCUT2D eigenvalue weighted by atomic mass is 32.2. The van der Waals surface area contributed by atoms with Gasteiger partial charge in [-0.3, -0.25) is 4.79 Å². The Hall–Kier alpha value is -3.83. The number of imidazole rings is 1. The maximum atomic E-state index is 14.6. The number of anilines is 1. The predicted molar refractivity (Wildman–Crippen MR) is 146 cm³/mol. The minimum absolute atomic E-state index is 0.0179. The number of nitrogens with zero attached hydrogens (tertiary/aromatic N) is 3. The van der Waals surface area contributed by atoms with Crippen LogP contribution in [0.4, 0.5) is 23.2 Å². The molecule has 2 heterocycles. The quantitative estimate of drug-likeness (QED) is 0.319. The first-order valence-electron chi connectivity index (χ1n) is 12.5. The third kappa shape index (κ3) is 7.47. The van der Waals surface area contributed by atoms with E-state index in [1.807, 2.05) is 4.90 Å². The van der Waals surface area contributed by atoms with Crippen molar-refractivity contribution in [1.82, 2.24) is 19.8 Å². The molecular formula is C27H29F4N5O4S. The maximum Gasteiger partial charge on any atom is 0.406 e. The first kappa shape index (κ1) is 30.1. The Balaban J connectivity index is 1.63. The highest BCUT2D eigenvalue weighted by molar-refractivity contribution is 7.90. The van der Waals surface area contributed by atoms with Gasteiger partial charge in [-0.15, -0.1) is 0 Å². The number of likely N-dealkylation sites (tertiary alicyclic amines) is 1. The second-order valence-electron chi connectivity index (χ2n) is 9.82. The molecule has 1 aliphatic rings. The van der Waals surface area contributed by atoms with E-state index in [-0.39, 0.29) is 40.1 Å². The van der Waals surface area contributed by atoms with Gasteiger partial charge in [-0.2, -0.15) is 13.2 Å². The largest absolute Gasteiger partial charge is 0.495 e. The number of nitrogens with one attached hydrogen (secondary N) is 2. The molecule has 1 saturated heterocycles. The maximum absolute atomic E-state index is 14.6. The molecule has 0 saturated carbocycles. The lowest BCUT2D eigenvalue weighted by molar-refractivity contribution is -0.139. The summed E-state index contributed by atoms with van der Waals surface area (Å²) in [7, 11) is -0.270. The third-order valence-electron chi connectivity index (χ3n) is 6.58. The molecule has 14 heteroatoms. The summed E-state index contributed by atoms with van der Waals surface area (Å²) < 4.78 is 84.2. The van der Waals surface area contributed by atoms with Gasteiger partial charge in [0.1, 0.15) is 24.0 Å². The van der Waals surface area contributed by atoms with E-state index in [1.165, 1.54) is 37.4 Å². The first-order valence-corrected chi connectivity index (χ1v) is 14.4. The van der Waals surface area contributed by atoms with Crippen LogP contribution in [0.1, 0.15) is 22.3 Å². The fourth-order valence-electron chi connectivity index (χ4n) is 4.53. The molecule has 41 heavy (non-hydrogen) atoms. The van der Waals surface area contributed by atoms with Gasteiger partial charge in [0, 0.05) is 24.9 Å². The van der Waals surface area contributed by atoms with Gasteiger partial charge in [-0.25, -0.2) is 17.8 Å². The molecule has 1 aromatic heterocycles. The van der Waals surface area contributed by atoms with E-state index in [4.69, 9.17) is 4.74 Å². The smallest absolute Gasteiger partial charge is 0.406 e. The Bertz CT molecular complexity index is 1610. The number of fused-ring (bicyclic) bond motifs is 1. The van der Waals surface area contributed by atoms with Crippen LogP contribution in [0.5, 0.6) is 5.75 Å². The standard InChI is InChI=1S/C27H29F4N5O4S/c1-35-10-8-21(20(28)14-35)34-26(37)19-11-17(12-23-25(19)33-16-36(23)15-27(29,30)31)5-4-9-32-22-13-18(41(3,38)39)6-7-24(22)40-2/h6-7,11-13,16,20-21,32H,8-10,14-15H2,1-3H3,(H,34,37)/t20-,21+/m0/s1. The average Bonchev–Trinajstić information content (AvgIpc) is 3.28. The summed E-state index contributed by atoms with van der Waals surface area (Å²) in [6.45, 7) is -0.570. The molecule has 0 radical (unpaired) electrons. The number of hydrogen-bond acceptors (Lipinski definition) is 7. The predicted octanol–water partition coefficient (Wildman–Crippen LogP) is 3.25. The van der Waals surface area contributed by atoms with Gasteiger partial charge in [0.25, 0.3) is 5.91 Å². The number of halogens is 4. The lowest BCUT2D eigenvalue weighted by Crippen LogP contribution is -2.51. The van der Waals surface area contributed by atoms with E-state index < -0.39 is 40.7 Å². The zero-order valence-corrected chi connectivity index (χ0v) is 23.4. The van der Waals surface area contributed by atoms with E-state index in [2.05, 4.69) is 27.5 Å². The molecule has 4 rings (SSSR count). The molecule has 220 valence electrons. The third-order valence-corrected chi connectivity index (χ3v) is 7.69. The summed E-state index contributed by atoms with van der Waals surface area (Å²) in [5, 5.41) is 5.63. The summed E-state index contributed by atoms with van der Waals surface area (Å²) in [5.74, 6) is 5.38. The van der Waals surface area contributed by atoms with E-state index in [9.17, 15) is 30.8 Å². The van der Waals surface area contributed by atoms with Crippen LogP contribution in [-0.2, 0) is 16.4 Å². The summed E-state index contributed by atoms with van der Waals surface area (Å²) in [6, 6.07) is 6.37. The molecular weight excluding hydrogens is 566 g/mol. The Morgan fingerprint density at radius 3 is 2.66 bits per heavy atom. The monoisotopic (exact) mass is 595 g/mol. The normalized spacial score (nSPS) is 18.0. The number of sulfone groups is 1. The van der Waals surface area contributed by atoms with Crippen molar-refractivity contribution in [3.8, 4) is 17.6 Å². The van der Waals surface area contributed by atoms with Crippen molar-refractivity contribution >= 4 is 32.5 Å². The molecule has 1 aliphatic heterocycles. The van der Waals surface area contributed by atoms with Crippen LogP contribution in [0.3, 0.4) is 0 Å². The van der Waals surface area contributed by atoms with E-state index in [1.54, 1.807) is 7.05 Å². The average molecular weight is 596 g/mol. The number of carbonyl (C=O) groups is 1. The highest BCUT2D eigenvalue weighted by Gasteiger charge is 2.31. The van der Waals surface area contributed by atoms with E-state index >= 15 is 0 Å². The topological polar surface area (TPSA) is 106 Å². The minimum atomic E-state index is -4.53. The first-order chi connectivity index (χ1) is 19.2. The molecule has 9 nitrogen and oxygen atoms in total. The van der Waals surface area contributed by atoms with Crippen LogP contribution < -0.4 is 15.4 Å².